The van der Waals surface area contributed by atoms with E-state index in [4.69, 9.17) is 123 Å². The van der Waals surface area contributed by atoms with Gasteiger partial charge in [0.05, 0.1) is 40.7 Å². The topological polar surface area (TPSA) is 530 Å². The maximum Gasteiger partial charge on any atom is 0.0689 e. The Hall–Kier alpha value is -4.43. The van der Waals surface area contributed by atoms with Gasteiger partial charge >= 0.3 is 0 Å². The molecule has 0 saturated carbocycles. The van der Waals surface area contributed by atoms with Crippen LogP contribution in [0.5, 0.6) is 0 Å². The Morgan fingerprint density at radius 2 is 0.206 bits per heavy atom. The maximum atomic E-state index is 8.25. The van der Waals surface area contributed by atoms with Crippen molar-refractivity contribution >= 4 is 0 Å². The van der Waals surface area contributed by atoms with Gasteiger partial charge in [0.15, 0.2) is 0 Å². The average molecular weight is 984 g/mol. The van der Waals surface area contributed by atoms with Gasteiger partial charge in [0, 0.05) is 58.3 Å². The smallest absolute Gasteiger partial charge is 0.0689 e. The van der Waals surface area contributed by atoms with Gasteiger partial charge in [-0.25, -0.2) is 0 Å². The molecule has 32 nitrogen and oxygen atoms in total. The summed E-state index contributed by atoms with van der Waals surface area (Å²) >= 11 is 0. The molecule has 0 aliphatic heterocycles. The molecule has 0 unspecified atom stereocenters. The zero-order chi connectivity index (χ0) is 28.6. The summed E-state index contributed by atoms with van der Waals surface area (Å²) in [5.41, 5.74) is 0. The number of hydrogen-bond donors (Lipinski definition) is 0. The van der Waals surface area contributed by atoms with E-state index in [1.54, 1.807) is 0 Å². The quantitative estimate of drug-likeness (QED) is 0.189. The molecule has 0 rings (SSSR count). The van der Waals surface area contributed by atoms with Crippen molar-refractivity contribution in [1.82, 2.24) is 0 Å². The van der Waals surface area contributed by atoms with Crippen LogP contribution in [0, 0.1) is 181 Å². The summed E-state index contributed by atoms with van der Waals surface area (Å²) < 4.78 is 0. The molecule has 0 saturated heterocycles. The first-order valence-corrected chi connectivity index (χ1v) is 4.38. The van der Waals surface area contributed by atoms with Crippen LogP contribution >= 0.6 is 0 Å². The molecule has 34 heavy (non-hydrogen) atoms. The van der Waals surface area contributed by atoms with E-state index in [0.29, 0.717) is 0 Å². The predicted molar refractivity (Wildman–Crippen MR) is 82.9 cm³/mol. The Bertz CT molecular complexity index is 365. The Morgan fingerprint density at radius 3 is 0.206 bits per heavy atom. The minimum Gasteiger partial charge on any atom is -0.356 e. The summed E-state index contributed by atoms with van der Waals surface area (Å²) in [6.07, 6.45) is 0. The molecule has 0 aromatic rings. The van der Waals surface area contributed by atoms with Gasteiger partial charge in [-0.1, -0.05) is 0 Å². The Balaban J connectivity index is -0.0000000240. The first-order valence-electron chi connectivity index (χ1n) is 4.38. The van der Waals surface area contributed by atoms with Crippen molar-refractivity contribution in [3.63, 3.8) is 0 Å². The molecule has 0 aliphatic carbocycles. The molecule has 0 amide bonds. The van der Waals surface area contributed by atoms with E-state index in [9.17, 15) is 0 Å². The molecule has 204 valence electrons. The fourth-order valence-corrected chi connectivity index (χ4v) is 0. The summed E-state index contributed by atoms with van der Waals surface area (Å²) in [6.45, 7) is 0. The summed E-state index contributed by atoms with van der Waals surface area (Å²) in [4.78, 5) is 66.0. The number of hydrogen-bond acceptors (Lipinski definition) is 24. The normalized spacial score (nSPS) is 5.65. The van der Waals surface area contributed by atoms with E-state index in [2.05, 4.69) is 0 Å². The summed E-state index contributed by atoms with van der Waals surface area (Å²) in [5, 5.41) is 118. The monoisotopic (exact) mass is 972 g/mol. The van der Waals surface area contributed by atoms with Crippen LogP contribution < -0.4 is 0 Å². The van der Waals surface area contributed by atoms with E-state index in [-0.39, 0.29) is 58.3 Å². The molecule has 0 aromatic heterocycles. The Labute approximate surface area is 221 Å². The molecule has 0 aromatic carbocycles. The van der Waals surface area contributed by atoms with Crippen molar-refractivity contribution in [3.05, 3.63) is 123 Å². The second kappa shape index (κ2) is 56.7. The van der Waals surface area contributed by atoms with Gasteiger partial charge in [0.25, 0.3) is 0 Å². The van der Waals surface area contributed by atoms with Gasteiger partial charge in [-0.15, -0.1) is 0 Å². The van der Waals surface area contributed by atoms with Crippen LogP contribution in [0.3, 0.4) is 0 Å². The molecular formula is N8O24Pu2-8. The minimum atomic E-state index is -1.75. The Kier molecular flexibility index (Phi) is 105. The minimum absolute atomic E-state index is 0. The predicted octanol–water partition coefficient (Wildman–Crippen LogP) is -1.91. The van der Waals surface area contributed by atoms with Crippen molar-refractivity contribution in [1.29, 1.82) is 0 Å². The van der Waals surface area contributed by atoms with E-state index in [0.717, 1.165) is 0 Å². The molecule has 0 N–H and O–H groups in total. The van der Waals surface area contributed by atoms with Crippen LogP contribution in [-0.4, -0.2) is 40.7 Å². The van der Waals surface area contributed by atoms with Crippen molar-refractivity contribution < 1.29 is 99.0 Å². The summed E-state index contributed by atoms with van der Waals surface area (Å²) in [5.74, 6) is 0. The number of nitrogens with zero attached hydrogens (tertiary/aromatic N) is 8. The van der Waals surface area contributed by atoms with Crippen molar-refractivity contribution in [2.24, 2.45) is 0 Å². The van der Waals surface area contributed by atoms with Crippen LogP contribution in [0.1, 0.15) is 0 Å². The molecule has 0 atom stereocenters. The third-order valence-electron chi connectivity index (χ3n) is 0. The van der Waals surface area contributed by atoms with Crippen LogP contribution in [0.15, 0.2) is 0 Å². The van der Waals surface area contributed by atoms with Gasteiger partial charge in [-0.05, 0) is 0 Å². The summed E-state index contributed by atoms with van der Waals surface area (Å²) in [6, 6.07) is 0. The van der Waals surface area contributed by atoms with E-state index >= 15 is 0 Å². The van der Waals surface area contributed by atoms with E-state index in [1.165, 1.54) is 0 Å². The SMILES string of the molecule is O=[N+]([O-])[O-].O=[N+]([O-])[O-].O=[N+]([O-])[O-].O=[N+]([O-])[O-].O=[N+]([O-])[O-].O=[N+]([O-])[O-].O=[N+]([O-])[O-].O=[N+]([O-])[O-].[Pu].[Pu]. The zero-order valence-corrected chi connectivity index (χ0v) is 21.0. The third-order valence-corrected chi connectivity index (χ3v) is 0. The van der Waals surface area contributed by atoms with Gasteiger partial charge in [-0.3, -0.25) is 0 Å². The second-order valence-corrected chi connectivity index (χ2v) is 1.79. The molecule has 34 heteroatoms. The standard InChI is InChI=1S/8NO3.2Pu/c8*2-1(3)4;;/q8*-1;;. The third kappa shape index (κ3) is 994. The average Bonchev–Trinajstić information content (AvgIpc) is 2.30. The van der Waals surface area contributed by atoms with E-state index < -0.39 is 40.7 Å². The van der Waals surface area contributed by atoms with Crippen LogP contribution in [0.4, 0.5) is 0 Å². The largest absolute Gasteiger partial charge is 0.356 e. The molecule has 0 bridgehead atoms. The zero-order valence-electron chi connectivity index (χ0n) is 14.2. The van der Waals surface area contributed by atoms with E-state index in [1.807, 2.05) is 0 Å². The van der Waals surface area contributed by atoms with Gasteiger partial charge in [0.2, 0.25) is 0 Å². The first kappa shape index (κ1) is 63.0. The van der Waals surface area contributed by atoms with Crippen molar-refractivity contribution in [2.75, 3.05) is 0 Å². The Morgan fingerprint density at radius 1 is 0.206 bits per heavy atom. The fourth-order valence-electron chi connectivity index (χ4n) is 0. The molecule has 0 fully saturated rings. The van der Waals surface area contributed by atoms with Gasteiger partial charge in [0.1, 0.15) is 0 Å². The van der Waals surface area contributed by atoms with Crippen molar-refractivity contribution in [3.8, 4) is 0 Å². The molecule has 0 spiro atoms. The molecular weight excluding hydrogens is 984 g/mol. The summed E-state index contributed by atoms with van der Waals surface area (Å²) in [7, 11) is 0. The first-order chi connectivity index (χ1) is 13.9. The molecule has 0 heterocycles. The van der Waals surface area contributed by atoms with Crippen LogP contribution in [0.2, 0.25) is 0 Å². The van der Waals surface area contributed by atoms with Crippen LogP contribution in [0.25, 0.3) is 0 Å². The van der Waals surface area contributed by atoms with Gasteiger partial charge in [-0.2, -0.15) is 0 Å². The van der Waals surface area contributed by atoms with Crippen molar-refractivity contribution in [2.45, 2.75) is 0 Å². The maximum absolute atomic E-state index is 8.25. The number of rotatable bonds is 0. The second-order valence-electron chi connectivity index (χ2n) is 1.79. The molecule has 0 radical (unpaired) electrons. The molecule has 0 aliphatic rings. The van der Waals surface area contributed by atoms with Gasteiger partial charge < -0.3 is 123 Å². The van der Waals surface area contributed by atoms with Crippen LogP contribution in [-0.2, 0) is 0 Å². The fraction of sp³-hybridized carbons (Fsp3) is 0.